The molecule has 0 unspecified atom stereocenters. The summed E-state index contributed by atoms with van der Waals surface area (Å²) < 4.78 is 104. The number of nitrogens with zero attached hydrogens (tertiary/aromatic N) is 2. The number of piperidine rings is 2. The first-order valence-corrected chi connectivity index (χ1v) is 33.3. The first-order chi connectivity index (χ1) is 42.0. The van der Waals surface area contributed by atoms with E-state index in [0.717, 1.165) is 39.0 Å². The second kappa shape index (κ2) is 33.5. The Balaban J connectivity index is 0.532. The van der Waals surface area contributed by atoms with Gasteiger partial charge in [-0.25, -0.2) is 26.3 Å². The van der Waals surface area contributed by atoms with Gasteiger partial charge in [0.2, 0.25) is 20.0 Å². The molecular formula is C64H84N6O14S2. The van der Waals surface area contributed by atoms with Crippen LogP contribution >= 0.6 is 0 Å². The molecule has 9 rings (SSSR count). The smallest absolute Gasteiger partial charge is 0.251 e. The first kappa shape index (κ1) is 64.6. The molecule has 4 atom stereocenters. The molecule has 0 bridgehead atoms. The highest BCUT2D eigenvalue weighted by atomic mass is 32.2. The van der Waals surface area contributed by atoms with Crippen molar-refractivity contribution in [3.8, 4) is 11.5 Å². The third-order valence-corrected chi connectivity index (χ3v) is 18.8. The van der Waals surface area contributed by atoms with E-state index in [1.165, 1.54) is 60.8 Å². The number of rotatable bonds is 36. The highest BCUT2D eigenvalue weighted by Gasteiger charge is 2.40. The van der Waals surface area contributed by atoms with E-state index in [2.05, 4.69) is 66.3 Å². The predicted molar refractivity (Wildman–Crippen MR) is 325 cm³/mol. The van der Waals surface area contributed by atoms with Crippen LogP contribution in [0.25, 0.3) is 0 Å². The molecule has 2 heterocycles. The number of ether oxygens (including phenoxy) is 8. The molecule has 2 amide bonds. The lowest BCUT2D eigenvalue weighted by Gasteiger charge is -2.35. The van der Waals surface area contributed by atoms with Crippen molar-refractivity contribution in [2.24, 2.45) is 0 Å². The Morgan fingerprint density at radius 2 is 0.721 bits per heavy atom. The fourth-order valence-corrected chi connectivity index (χ4v) is 13.4. The summed E-state index contributed by atoms with van der Waals surface area (Å²) in [6, 6.07) is 36.9. The van der Waals surface area contributed by atoms with Gasteiger partial charge in [-0.1, -0.05) is 61.4 Å². The molecule has 466 valence electrons. The van der Waals surface area contributed by atoms with E-state index in [9.17, 15) is 26.4 Å². The normalized spacial score (nSPS) is 19.0. The van der Waals surface area contributed by atoms with Crippen LogP contribution < -0.4 is 29.6 Å². The van der Waals surface area contributed by atoms with Crippen LogP contribution in [-0.2, 0) is 61.3 Å². The number of nitrogens with one attached hydrogen (secondary N) is 4. The van der Waals surface area contributed by atoms with Crippen molar-refractivity contribution in [3.63, 3.8) is 0 Å². The van der Waals surface area contributed by atoms with Crippen molar-refractivity contribution in [2.75, 3.05) is 132 Å². The highest BCUT2D eigenvalue weighted by Crippen LogP contribution is 2.41. The van der Waals surface area contributed by atoms with E-state index in [4.69, 9.17) is 37.9 Å². The average molecular weight is 1230 g/mol. The van der Waals surface area contributed by atoms with Crippen LogP contribution in [0.1, 0.15) is 93.7 Å². The number of amides is 2. The van der Waals surface area contributed by atoms with Crippen molar-refractivity contribution >= 4 is 31.9 Å². The number of likely N-dealkylation sites (tertiary alicyclic amines) is 2. The van der Waals surface area contributed by atoms with Crippen LogP contribution in [0.5, 0.6) is 11.5 Å². The molecule has 2 aliphatic carbocycles. The van der Waals surface area contributed by atoms with Gasteiger partial charge in [0.25, 0.3) is 11.8 Å². The van der Waals surface area contributed by atoms with Crippen molar-refractivity contribution < 1.29 is 64.3 Å². The van der Waals surface area contributed by atoms with Gasteiger partial charge >= 0.3 is 0 Å². The van der Waals surface area contributed by atoms with Gasteiger partial charge < -0.3 is 48.5 Å². The first-order valence-electron chi connectivity index (χ1n) is 30.3. The minimum absolute atomic E-state index is 0.105. The molecule has 2 saturated heterocycles. The third-order valence-electron chi connectivity index (χ3n) is 15.8. The van der Waals surface area contributed by atoms with E-state index in [-0.39, 0.29) is 112 Å². The summed E-state index contributed by atoms with van der Waals surface area (Å²) in [5.74, 6) is 0.674. The maximum absolute atomic E-state index is 13.0. The topological polar surface area (TPSA) is 231 Å². The second-order valence-electron chi connectivity index (χ2n) is 21.7. The van der Waals surface area contributed by atoms with Gasteiger partial charge in [0.1, 0.15) is 23.7 Å². The zero-order chi connectivity index (χ0) is 59.8. The fraction of sp³-hybridized carbons (Fsp3) is 0.500. The van der Waals surface area contributed by atoms with Crippen LogP contribution in [0.3, 0.4) is 0 Å². The summed E-state index contributed by atoms with van der Waals surface area (Å²) in [6.45, 7) is 8.39. The minimum Gasteiger partial charge on any atom is -0.484 e. The maximum atomic E-state index is 13.0. The van der Waals surface area contributed by atoms with Gasteiger partial charge in [0.05, 0.1) is 101 Å². The standard InChI is InChI=1S/C64H84N6O14S2/c71-63(65-27-35-77-39-43-81-45-41-79-37-29-67-85(73,74)55-23-19-53(20-24-55)83-61-57-13-5-3-11-51(57)47-59(61)69-31-7-1-8-32-69)49-15-17-50(18-16-49)64(72)66-28-36-78-40-44-82-46-42-80-38-30-68-86(75,76)56-25-21-54(22-26-56)84-62-58-14-6-4-12-52(58)48-60(62)70-33-9-2-10-34-70/h3-6,11-26,59-62,67-68H,1-2,7-10,27-48H2,(H,65,71)(H,66,72)/t59-,60-,61-,62-/m0/s1. The fourth-order valence-electron chi connectivity index (χ4n) is 11.4. The number of sulfonamides is 2. The molecule has 20 nitrogen and oxygen atoms in total. The maximum Gasteiger partial charge on any atom is 0.251 e. The number of fused-ring (bicyclic) bond motifs is 2. The predicted octanol–water partition coefficient (Wildman–Crippen LogP) is 6.26. The highest BCUT2D eigenvalue weighted by molar-refractivity contribution is 7.89. The van der Waals surface area contributed by atoms with Crippen molar-refractivity contribution in [2.45, 2.75) is 85.4 Å². The lowest BCUT2D eigenvalue weighted by atomic mass is 10.0. The molecular weight excluding hydrogens is 1140 g/mol. The molecule has 5 aromatic rings. The number of benzene rings is 5. The Bertz CT molecular complexity index is 2900. The van der Waals surface area contributed by atoms with Crippen LogP contribution in [-0.4, -0.2) is 182 Å². The summed E-state index contributed by atoms with van der Waals surface area (Å²) in [6.07, 6.45) is 8.99. The van der Waals surface area contributed by atoms with E-state index in [0.29, 0.717) is 62.3 Å². The van der Waals surface area contributed by atoms with Crippen LogP contribution in [0, 0.1) is 0 Å². The molecule has 0 radical (unpaired) electrons. The molecule has 4 aliphatic rings. The van der Waals surface area contributed by atoms with Crippen LogP contribution in [0.2, 0.25) is 0 Å². The third kappa shape index (κ3) is 19.1. The SMILES string of the molecule is O=C(NCCOCCOCCOCCNS(=O)(=O)c1ccc(O[C@H]2c3ccccc3C[C@@H]2N2CCCCC2)cc1)c1ccc(C(=O)NCCOCCOCCOCCNS(=O)(=O)c2ccc(O[C@H]3c4ccccc4C[C@@H]3N3CCCCC3)cc2)cc1. The van der Waals surface area contributed by atoms with E-state index in [1.807, 2.05) is 12.1 Å². The molecule has 22 heteroatoms. The molecule has 5 aromatic carbocycles. The Morgan fingerprint density at radius 3 is 1.08 bits per heavy atom. The molecule has 0 spiro atoms. The quantitative estimate of drug-likeness (QED) is 0.0324. The Kier molecular flexibility index (Phi) is 25.2. The molecule has 0 aromatic heterocycles. The number of carbonyl (C=O) groups is 2. The van der Waals surface area contributed by atoms with Gasteiger partial charge in [-0.3, -0.25) is 19.4 Å². The lowest BCUT2D eigenvalue weighted by molar-refractivity contribution is 0.0162. The van der Waals surface area contributed by atoms with Crippen LogP contribution in [0.4, 0.5) is 0 Å². The Labute approximate surface area is 507 Å². The Morgan fingerprint density at radius 1 is 0.395 bits per heavy atom. The van der Waals surface area contributed by atoms with Crippen LogP contribution in [0.15, 0.2) is 131 Å². The van der Waals surface area contributed by atoms with E-state index >= 15 is 0 Å². The second-order valence-corrected chi connectivity index (χ2v) is 25.2. The zero-order valence-corrected chi connectivity index (χ0v) is 50.7. The van der Waals surface area contributed by atoms with Gasteiger partial charge in [-0.15, -0.1) is 0 Å². The number of hydrogen-bond donors (Lipinski definition) is 4. The van der Waals surface area contributed by atoms with E-state index in [1.54, 1.807) is 72.8 Å². The van der Waals surface area contributed by atoms with Crippen molar-refractivity contribution in [1.29, 1.82) is 0 Å². The van der Waals surface area contributed by atoms with Crippen molar-refractivity contribution in [1.82, 2.24) is 29.9 Å². The lowest BCUT2D eigenvalue weighted by Crippen LogP contribution is -2.43. The molecule has 86 heavy (non-hydrogen) atoms. The molecule has 2 aliphatic heterocycles. The summed E-state index contributed by atoms with van der Waals surface area (Å²) >= 11 is 0. The largest absolute Gasteiger partial charge is 0.484 e. The molecule has 2 fully saturated rings. The molecule has 4 N–H and O–H groups in total. The zero-order valence-electron chi connectivity index (χ0n) is 49.1. The number of carbonyl (C=O) groups excluding carboxylic acids is 2. The van der Waals surface area contributed by atoms with Gasteiger partial charge in [-0.05, 0) is 160 Å². The van der Waals surface area contributed by atoms with Crippen molar-refractivity contribution in [3.05, 3.63) is 155 Å². The summed E-state index contributed by atoms with van der Waals surface area (Å²) in [7, 11) is -7.48. The summed E-state index contributed by atoms with van der Waals surface area (Å²) in [5, 5.41) is 5.59. The van der Waals surface area contributed by atoms with Gasteiger partial charge in [0, 0.05) is 37.3 Å². The van der Waals surface area contributed by atoms with Gasteiger partial charge in [-0.2, -0.15) is 0 Å². The Hall–Kier alpha value is -5.86. The van der Waals surface area contributed by atoms with E-state index < -0.39 is 20.0 Å². The van der Waals surface area contributed by atoms with Gasteiger partial charge in [0.15, 0.2) is 0 Å². The summed E-state index contributed by atoms with van der Waals surface area (Å²) in [4.78, 5) is 30.7. The number of hydrogen-bond acceptors (Lipinski definition) is 16. The summed E-state index contributed by atoms with van der Waals surface area (Å²) in [5.41, 5.74) is 5.82. The average Bonchev–Trinajstić information content (AvgIpc) is 2.20. The minimum atomic E-state index is -3.74. The molecule has 0 saturated carbocycles. The monoisotopic (exact) mass is 1220 g/mol.